The number of rotatable bonds is 35. The third-order valence-electron chi connectivity index (χ3n) is 11.0. The standard InChI is InChI=1S/C45H80N12O14/c1-21(2)20-30(54-38(63)26(47)13-16-31(48)58)42(67)50-25(9)37(62)51-29(15-18-33(60)61)41(66)55-35(23(5)6)44(69)56-34(22(3)4)43(68)53-28(14-17-32(49)59)39(64)52-27(12-10-11-19-46)40(65)57-36(24(7)8)45(70)71/h21-30,34-36H,10-20,46-47H2,1-9H3,(H2,48,58)(H2,49,59)(H,50,67)(H,51,62)(H,52,64)(H,53,68)(H,54,63)(H,55,66)(H,56,69)(H,57,65)(H,60,61)(H,70,71)/t25-,26-,27-,28-,29-,30-,34-,35-,36-/m0/s1. The summed E-state index contributed by atoms with van der Waals surface area (Å²) >= 11 is 0. The molecule has 0 heterocycles. The molecule has 0 aromatic rings. The zero-order chi connectivity index (χ0) is 54.9. The van der Waals surface area contributed by atoms with Gasteiger partial charge in [0.05, 0.1) is 6.04 Å². The highest BCUT2D eigenvalue weighted by atomic mass is 16.4. The molecule has 10 amide bonds. The number of amides is 10. The molecule has 0 aromatic carbocycles. The SMILES string of the molecule is CC(C)C[C@H](NC(=O)[C@@H](N)CCC(N)=O)C(=O)N[C@@H](C)C(=O)N[C@@H](CCC(=O)O)C(=O)N[C@H](C(=O)N[C@H](C(=O)N[C@@H](CCC(N)=O)C(=O)N[C@@H](CCCCN)C(=O)N[C@H](C(=O)O)C(C)C)C(C)C)C(C)C. The monoisotopic (exact) mass is 1010 g/mol. The summed E-state index contributed by atoms with van der Waals surface area (Å²) in [4.78, 5) is 155. The summed E-state index contributed by atoms with van der Waals surface area (Å²) in [5, 5.41) is 39.0. The van der Waals surface area contributed by atoms with Gasteiger partial charge in [-0.2, -0.15) is 0 Å². The fraction of sp³-hybridized carbons (Fsp3) is 0.733. The summed E-state index contributed by atoms with van der Waals surface area (Å²) in [7, 11) is 0. The molecule has 18 N–H and O–H groups in total. The number of unbranched alkanes of at least 4 members (excludes halogenated alkanes) is 1. The van der Waals surface area contributed by atoms with E-state index in [0.29, 0.717) is 12.8 Å². The molecular formula is C45H80N12O14. The highest BCUT2D eigenvalue weighted by molar-refractivity contribution is 5.98. The molecule has 0 saturated heterocycles. The maximum atomic E-state index is 13.9. The van der Waals surface area contributed by atoms with Crippen LogP contribution in [0.4, 0.5) is 0 Å². The van der Waals surface area contributed by atoms with E-state index in [1.807, 2.05) is 0 Å². The van der Waals surface area contributed by atoms with Crippen molar-refractivity contribution in [1.29, 1.82) is 0 Å². The van der Waals surface area contributed by atoms with Crippen molar-refractivity contribution < 1.29 is 67.7 Å². The van der Waals surface area contributed by atoms with Crippen molar-refractivity contribution in [2.24, 2.45) is 46.6 Å². The van der Waals surface area contributed by atoms with Gasteiger partial charge in [-0.25, -0.2) is 4.79 Å². The van der Waals surface area contributed by atoms with E-state index < -0.39 is 162 Å². The Morgan fingerprint density at radius 1 is 0.423 bits per heavy atom. The van der Waals surface area contributed by atoms with Crippen molar-refractivity contribution >= 4 is 71.0 Å². The van der Waals surface area contributed by atoms with Gasteiger partial charge in [0.25, 0.3) is 0 Å². The van der Waals surface area contributed by atoms with E-state index in [1.54, 1.807) is 55.4 Å². The number of carbonyl (C=O) groups excluding carboxylic acids is 10. The van der Waals surface area contributed by atoms with Gasteiger partial charge in [0, 0.05) is 19.3 Å². The van der Waals surface area contributed by atoms with Crippen molar-refractivity contribution in [3.63, 3.8) is 0 Å². The highest BCUT2D eigenvalue weighted by Gasteiger charge is 2.36. The van der Waals surface area contributed by atoms with Crippen molar-refractivity contribution in [3.8, 4) is 0 Å². The van der Waals surface area contributed by atoms with Crippen LogP contribution in [0.5, 0.6) is 0 Å². The molecule has 0 aromatic heterocycles. The fourth-order valence-corrected chi connectivity index (χ4v) is 6.81. The maximum Gasteiger partial charge on any atom is 0.326 e. The van der Waals surface area contributed by atoms with E-state index >= 15 is 0 Å². The number of primary amides is 2. The molecule has 404 valence electrons. The van der Waals surface area contributed by atoms with Crippen LogP contribution in [0.3, 0.4) is 0 Å². The molecule has 26 heteroatoms. The normalized spacial score (nSPS) is 15.1. The average molecular weight is 1010 g/mol. The molecule has 0 aliphatic rings. The molecule has 26 nitrogen and oxygen atoms in total. The second-order valence-electron chi connectivity index (χ2n) is 19.0. The fourth-order valence-electron chi connectivity index (χ4n) is 6.81. The Bertz CT molecular complexity index is 1860. The first-order valence-corrected chi connectivity index (χ1v) is 23.8. The summed E-state index contributed by atoms with van der Waals surface area (Å²) in [5.41, 5.74) is 22.0. The van der Waals surface area contributed by atoms with Crippen molar-refractivity contribution in [2.75, 3.05) is 6.54 Å². The number of hydrogen-bond acceptors (Lipinski definition) is 14. The maximum absolute atomic E-state index is 13.9. The van der Waals surface area contributed by atoms with Gasteiger partial charge >= 0.3 is 11.9 Å². The lowest BCUT2D eigenvalue weighted by Crippen LogP contribution is -2.61. The van der Waals surface area contributed by atoms with Gasteiger partial charge in [-0.3, -0.25) is 52.7 Å². The molecule has 0 rings (SSSR count). The molecule has 0 fully saturated rings. The Balaban J connectivity index is 6.41. The number of aliphatic carboxylic acids is 2. The lowest BCUT2D eigenvalue weighted by Gasteiger charge is -2.30. The first kappa shape index (κ1) is 64.6. The molecular weight excluding hydrogens is 933 g/mol. The van der Waals surface area contributed by atoms with E-state index in [2.05, 4.69) is 42.5 Å². The smallest absolute Gasteiger partial charge is 0.326 e. The first-order valence-electron chi connectivity index (χ1n) is 23.8. The molecule has 0 saturated carbocycles. The molecule has 0 unspecified atom stereocenters. The molecule has 0 radical (unpaired) electrons. The van der Waals surface area contributed by atoms with E-state index in [1.165, 1.54) is 6.92 Å². The van der Waals surface area contributed by atoms with Gasteiger partial charge < -0.3 is 75.7 Å². The third-order valence-corrected chi connectivity index (χ3v) is 11.0. The number of nitrogens with two attached hydrogens (primary N) is 4. The number of carboxylic acid groups (broad SMARTS) is 2. The quantitative estimate of drug-likeness (QED) is 0.0279. The molecule has 0 bridgehead atoms. The minimum Gasteiger partial charge on any atom is -0.481 e. The van der Waals surface area contributed by atoms with Crippen LogP contribution >= 0.6 is 0 Å². The van der Waals surface area contributed by atoms with Crippen LogP contribution in [0.1, 0.15) is 127 Å². The van der Waals surface area contributed by atoms with E-state index in [0.717, 1.165) is 0 Å². The first-order chi connectivity index (χ1) is 32.9. The van der Waals surface area contributed by atoms with Gasteiger partial charge in [0.2, 0.25) is 59.1 Å². The van der Waals surface area contributed by atoms with Crippen molar-refractivity contribution in [3.05, 3.63) is 0 Å². The largest absolute Gasteiger partial charge is 0.481 e. The topological polar surface area (TPSA) is 446 Å². The lowest BCUT2D eigenvalue weighted by atomic mass is 9.98. The second-order valence-corrected chi connectivity index (χ2v) is 19.0. The van der Waals surface area contributed by atoms with E-state index in [9.17, 15) is 67.7 Å². The van der Waals surface area contributed by atoms with Gasteiger partial charge in [-0.05, 0) is 82.1 Å². The van der Waals surface area contributed by atoms with Gasteiger partial charge in [0.15, 0.2) is 0 Å². The summed E-state index contributed by atoms with van der Waals surface area (Å²) in [6.45, 7) is 14.5. The number of nitrogens with one attached hydrogen (secondary N) is 8. The van der Waals surface area contributed by atoms with Gasteiger partial charge in [-0.15, -0.1) is 0 Å². The van der Waals surface area contributed by atoms with E-state index in [-0.39, 0.29) is 44.6 Å². The van der Waals surface area contributed by atoms with Crippen LogP contribution in [0.2, 0.25) is 0 Å². The molecule has 0 aliphatic carbocycles. The summed E-state index contributed by atoms with van der Waals surface area (Å²) < 4.78 is 0. The number of carboxylic acids is 2. The Labute approximate surface area is 414 Å². The average Bonchev–Trinajstić information content (AvgIpc) is 3.26. The molecule has 71 heavy (non-hydrogen) atoms. The van der Waals surface area contributed by atoms with Gasteiger partial charge in [0.1, 0.15) is 48.3 Å². The Morgan fingerprint density at radius 2 is 0.803 bits per heavy atom. The number of carbonyl (C=O) groups is 12. The Hall–Kier alpha value is -6.44. The summed E-state index contributed by atoms with van der Waals surface area (Å²) in [6.07, 6.45) is -1.10. The predicted octanol–water partition coefficient (Wildman–Crippen LogP) is -3.16. The molecule has 0 aliphatic heterocycles. The summed E-state index contributed by atoms with van der Waals surface area (Å²) in [5.74, 6) is -13.1. The Morgan fingerprint density at radius 3 is 1.25 bits per heavy atom. The minimum atomic E-state index is -1.57. The van der Waals surface area contributed by atoms with Crippen LogP contribution < -0.4 is 65.5 Å². The highest BCUT2D eigenvalue weighted by Crippen LogP contribution is 2.12. The minimum absolute atomic E-state index is 0.0392. The van der Waals surface area contributed by atoms with E-state index in [4.69, 9.17) is 22.9 Å². The lowest BCUT2D eigenvalue weighted by molar-refractivity contribution is -0.143. The summed E-state index contributed by atoms with van der Waals surface area (Å²) in [6, 6.07) is -12.1. The zero-order valence-corrected chi connectivity index (χ0v) is 42.4. The van der Waals surface area contributed by atoms with Crippen LogP contribution in [0.25, 0.3) is 0 Å². The Kier molecular flexibility index (Phi) is 29.5. The predicted molar refractivity (Wildman–Crippen MR) is 257 cm³/mol. The van der Waals surface area contributed by atoms with Crippen LogP contribution in [0.15, 0.2) is 0 Å². The van der Waals surface area contributed by atoms with Crippen LogP contribution in [-0.4, -0.2) is 142 Å². The molecule has 0 spiro atoms. The van der Waals surface area contributed by atoms with Crippen LogP contribution in [-0.2, 0) is 57.5 Å². The second kappa shape index (κ2) is 32.4. The van der Waals surface area contributed by atoms with Gasteiger partial charge in [-0.1, -0.05) is 55.4 Å². The molecule has 9 atom stereocenters. The number of hydrogen-bond donors (Lipinski definition) is 14. The van der Waals surface area contributed by atoms with Crippen LogP contribution in [0, 0.1) is 23.7 Å². The zero-order valence-electron chi connectivity index (χ0n) is 42.4. The third kappa shape index (κ3) is 25.3. The van der Waals surface area contributed by atoms with Crippen molar-refractivity contribution in [1.82, 2.24) is 42.5 Å². The van der Waals surface area contributed by atoms with Crippen molar-refractivity contribution in [2.45, 2.75) is 181 Å².